The molecule has 0 saturated heterocycles. The minimum Gasteiger partial charge on any atom is -0.355 e. The number of carbonyl (C=O) groups is 2. The van der Waals surface area contributed by atoms with Crippen LogP contribution in [-0.4, -0.2) is 34.8 Å². The summed E-state index contributed by atoms with van der Waals surface area (Å²) in [5.74, 6) is -1.35. The number of hydrogen-bond donors (Lipinski definition) is 2. The number of aryl methyl sites for hydroxylation is 1. The van der Waals surface area contributed by atoms with E-state index >= 15 is 0 Å². The van der Waals surface area contributed by atoms with Gasteiger partial charge in [-0.15, -0.1) is 0 Å². The van der Waals surface area contributed by atoms with Gasteiger partial charge in [0.25, 0.3) is 11.8 Å². The third kappa shape index (κ3) is 4.76. The zero-order valence-corrected chi connectivity index (χ0v) is 15.9. The summed E-state index contributed by atoms with van der Waals surface area (Å²) < 4.78 is 38.6. The van der Waals surface area contributed by atoms with Crippen LogP contribution in [0, 0.1) is 6.92 Å². The first-order valence-corrected chi connectivity index (χ1v) is 8.32. The van der Waals surface area contributed by atoms with E-state index in [1.165, 1.54) is 19.2 Å². The fourth-order valence-electron chi connectivity index (χ4n) is 2.26. The van der Waals surface area contributed by atoms with E-state index < -0.39 is 24.5 Å². The van der Waals surface area contributed by atoms with Crippen molar-refractivity contribution in [3.63, 3.8) is 0 Å². The van der Waals surface area contributed by atoms with Crippen molar-refractivity contribution >= 4 is 45.0 Å². The quantitative estimate of drug-likeness (QED) is 0.740. The Morgan fingerprint density at radius 1 is 1.27 bits per heavy atom. The first-order valence-electron chi connectivity index (χ1n) is 7.15. The van der Waals surface area contributed by atoms with Gasteiger partial charge in [-0.3, -0.25) is 9.59 Å². The molecule has 6 nitrogen and oxygen atoms in total. The summed E-state index contributed by atoms with van der Waals surface area (Å²) in [5, 5.41) is 8.79. The first-order chi connectivity index (χ1) is 12.0. The van der Waals surface area contributed by atoms with E-state index in [1.54, 1.807) is 6.92 Å². The molecule has 0 spiro atoms. The number of halogens is 5. The Labute approximate surface area is 159 Å². The maximum absolute atomic E-state index is 12.7. The topological polar surface area (TPSA) is 76.0 Å². The lowest BCUT2D eigenvalue weighted by Crippen LogP contribution is -2.26. The monoisotopic (exact) mass is 452 g/mol. The normalized spacial score (nSPS) is 11.3. The minimum atomic E-state index is -4.55. The van der Waals surface area contributed by atoms with Gasteiger partial charge in [0.1, 0.15) is 16.8 Å². The van der Waals surface area contributed by atoms with Crippen molar-refractivity contribution < 1.29 is 22.8 Å². The molecule has 1 aromatic carbocycles. The second kappa shape index (κ2) is 7.67. The van der Waals surface area contributed by atoms with Crippen molar-refractivity contribution in [2.24, 2.45) is 0 Å². The molecule has 26 heavy (non-hydrogen) atoms. The van der Waals surface area contributed by atoms with Gasteiger partial charge in [0.2, 0.25) is 0 Å². The third-order valence-corrected chi connectivity index (χ3v) is 3.93. The number of nitrogens with zero attached hydrogens (tertiary/aromatic N) is 2. The van der Waals surface area contributed by atoms with Crippen LogP contribution in [0.15, 0.2) is 22.8 Å². The summed E-state index contributed by atoms with van der Waals surface area (Å²) in [5.41, 5.74) is 0.401. The van der Waals surface area contributed by atoms with Crippen LogP contribution in [0.4, 0.5) is 18.9 Å². The molecular formula is C15H13BrClF3N4O2. The van der Waals surface area contributed by atoms with Crippen LogP contribution in [0.25, 0.3) is 0 Å². The fraction of sp³-hybridized carbons (Fsp3) is 0.267. The van der Waals surface area contributed by atoms with E-state index in [2.05, 4.69) is 31.7 Å². The molecule has 11 heteroatoms. The number of nitrogens with one attached hydrogen (secondary N) is 2. The minimum absolute atomic E-state index is 0.0752. The molecule has 140 valence electrons. The Hall–Kier alpha value is -2.07. The van der Waals surface area contributed by atoms with Crippen LogP contribution in [-0.2, 0) is 6.54 Å². The van der Waals surface area contributed by atoms with Crippen LogP contribution in [0.5, 0.6) is 0 Å². The van der Waals surface area contributed by atoms with E-state index in [-0.39, 0.29) is 26.6 Å². The molecule has 1 heterocycles. The Balaban J connectivity index is 2.42. The highest BCUT2D eigenvalue weighted by atomic mass is 79.9. The summed E-state index contributed by atoms with van der Waals surface area (Å²) in [7, 11) is 1.40. The SMILES string of the molecule is CNC(=O)c1cc(Cl)cc(C)c1NC(=O)c1cc(Br)nn1CC(F)(F)F. The summed E-state index contributed by atoms with van der Waals surface area (Å²) in [6.07, 6.45) is -4.55. The Kier molecular flexibility index (Phi) is 5.97. The largest absolute Gasteiger partial charge is 0.408 e. The molecule has 0 aliphatic heterocycles. The van der Waals surface area contributed by atoms with Crippen molar-refractivity contribution in [3.8, 4) is 0 Å². The lowest BCUT2D eigenvalue weighted by Gasteiger charge is -2.15. The second-order valence-corrected chi connectivity index (χ2v) is 6.55. The lowest BCUT2D eigenvalue weighted by molar-refractivity contribution is -0.142. The van der Waals surface area contributed by atoms with Gasteiger partial charge in [-0.2, -0.15) is 18.3 Å². The Morgan fingerprint density at radius 2 is 1.92 bits per heavy atom. The van der Waals surface area contributed by atoms with Gasteiger partial charge in [0, 0.05) is 18.1 Å². The Bertz CT molecular complexity index is 867. The lowest BCUT2D eigenvalue weighted by atomic mass is 10.1. The van der Waals surface area contributed by atoms with E-state index in [4.69, 9.17) is 11.6 Å². The molecule has 0 bridgehead atoms. The molecule has 0 unspecified atom stereocenters. The molecule has 1 aromatic heterocycles. The molecular weight excluding hydrogens is 441 g/mol. The zero-order valence-electron chi connectivity index (χ0n) is 13.5. The number of rotatable bonds is 4. The van der Waals surface area contributed by atoms with E-state index in [0.29, 0.717) is 10.2 Å². The predicted molar refractivity (Wildman–Crippen MR) is 93.5 cm³/mol. The van der Waals surface area contributed by atoms with Crippen molar-refractivity contribution in [2.75, 3.05) is 12.4 Å². The summed E-state index contributed by atoms with van der Waals surface area (Å²) in [6, 6.07) is 4.03. The molecule has 2 rings (SSSR count). The summed E-state index contributed by atoms with van der Waals surface area (Å²) in [6.45, 7) is 0.181. The maximum Gasteiger partial charge on any atom is 0.408 e. The summed E-state index contributed by atoms with van der Waals surface area (Å²) in [4.78, 5) is 24.5. The molecule has 0 aliphatic rings. The van der Waals surface area contributed by atoms with Crippen LogP contribution in [0.2, 0.25) is 5.02 Å². The predicted octanol–water partition coefficient (Wildman–Crippen LogP) is 3.78. The summed E-state index contributed by atoms with van der Waals surface area (Å²) >= 11 is 8.90. The number of benzene rings is 1. The maximum atomic E-state index is 12.7. The van der Waals surface area contributed by atoms with Gasteiger partial charge >= 0.3 is 6.18 Å². The van der Waals surface area contributed by atoms with E-state index in [0.717, 1.165) is 6.07 Å². The molecule has 2 N–H and O–H groups in total. The zero-order chi connectivity index (χ0) is 19.6. The number of hydrogen-bond acceptors (Lipinski definition) is 3. The van der Waals surface area contributed by atoms with Gasteiger partial charge in [-0.1, -0.05) is 11.6 Å². The number of anilines is 1. The molecule has 0 atom stereocenters. The third-order valence-electron chi connectivity index (χ3n) is 3.32. The van der Waals surface area contributed by atoms with E-state index in [9.17, 15) is 22.8 Å². The average Bonchev–Trinajstić information content (AvgIpc) is 2.87. The van der Waals surface area contributed by atoms with Crippen molar-refractivity contribution in [2.45, 2.75) is 19.6 Å². The van der Waals surface area contributed by atoms with Gasteiger partial charge in [0.15, 0.2) is 0 Å². The van der Waals surface area contributed by atoms with Crippen LogP contribution in [0.3, 0.4) is 0 Å². The van der Waals surface area contributed by atoms with Crippen LogP contribution >= 0.6 is 27.5 Å². The molecule has 0 radical (unpaired) electrons. The van der Waals surface area contributed by atoms with Crippen LogP contribution in [0.1, 0.15) is 26.4 Å². The number of aromatic nitrogens is 2. The molecule has 0 saturated carbocycles. The second-order valence-electron chi connectivity index (χ2n) is 5.30. The molecule has 2 aromatic rings. The van der Waals surface area contributed by atoms with Crippen molar-refractivity contribution in [1.82, 2.24) is 15.1 Å². The molecule has 0 fully saturated rings. The van der Waals surface area contributed by atoms with Gasteiger partial charge in [0.05, 0.1) is 11.3 Å². The highest BCUT2D eigenvalue weighted by Gasteiger charge is 2.31. The van der Waals surface area contributed by atoms with Gasteiger partial charge in [-0.05, 0) is 40.5 Å². The van der Waals surface area contributed by atoms with E-state index in [1.807, 2.05) is 0 Å². The smallest absolute Gasteiger partial charge is 0.355 e. The van der Waals surface area contributed by atoms with Crippen LogP contribution < -0.4 is 10.6 Å². The first kappa shape index (κ1) is 20.2. The van der Waals surface area contributed by atoms with Crippen molar-refractivity contribution in [1.29, 1.82) is 0 Å². The number of amides is 2. The number of carbonyl (C=O) groups excluding carboxylic acids is 2. The molecule has 2 amide bonds. The van der Waals surface area contributed by atoms with Gasteiger partial charge < -0.3 is 10.6 Å². The highest BCUT2D eigenvalue weighted by molar-refractivity contribution is 9.10. The fourth-order valence-corrected chi connectivity index (χ4v) is 2.94. The molecule has 0 aliphatic carbocycles. The van der Waals surface area contributed by atoms with Crippen molar-refractivity contribution in [3.05, 3.63) is 44.6 Å². The standard InChI is InChI=1S/C15H13BrClF3N4O2/c1-7-3-8(17)4-9(13(25)21-2)12(7)22-14(26)10-5-11(16)23-24(10)6-15(18,19)20/h3-5H,6H2,1-2H3,(H,21,25)(H,22,26). The van der Waals surface area contributed by atoms with Gasteiger partial charge in [-0.25, -0.2) is 4.68 Å². The Morgan fingerprint density at radius 3 is 2.50 bits per heavy atom. The number of alkyl halides is 3. The average molecular weight is 454 g/mol. The highest BCUT2D eigenvalue weighted by Crippen LogP contribution is 2.27.